The van der Waals surface area contributed by atoms with Crippen molar-refractivity contribution >= 4 is 5.97 Å². The van der Waals surface area contributed by atoms with E-state index in [0.717, 1.165) is 13.0 Å². The molecule has 1 aliphatic rings. The second-order valence-corrected chi connectivity index (χ2v) is 3.73. The maximum atomic E-state index is 10.8. The quantitative estimate of drug-likeness (QED) is 0.545. The van der Waals surface area contributed by atoms with E-state index in [9.17, 15) is 4.79 Å². The lowest BCUT2D eigenvalue weighted by molar-refractivity contribution is -0.142. The van der Waals surface area contributed by atoms with Crippen molar-refractivity contribution in [3.05, 3.63) is 12.7 Å². The summed E-state index contributed by atoms with van der Waals surface area (Å²) in [5.41, 5.74) is 0.0894. The zero-order chi connectivity index (χ0) is 11.2. The summed E-state index contributed by atoms with van der Waals surface area (Å²) >= 11 is 0. The van der Waals surface area contributed by atoms with Crippen molar-refractivity contribution in [2.45, 2.75) is 45.8 Å². The maximum Gasteiger partial charge on any atom is 0.330 e. The van der Waals surface area contributed by atoms with Gasteiger partial charge in [0.25, 0.3) is 0 Å². The average Bonchev–Trinajstić information content (AvgIpc) is 2.49. The van der Waals surface area contributed by atoms with E-state index in [4.69, 9.17) is 4.74 Å². The van der Waals surface area contributed by atoms with Gasteiger partial charge in [0.15, 0.2) is 0 Å². The number of carbonyl (C=O) groups excluding carboxylic acids is 1. The second kappa shape index (κ2) is 5.81. The van der Waals surface area contributed by atoms with Crippen molar-refractivity contribution in [2.75, 3.05) is 6.54 Å². The molecule has 1 saturated heterocycles. The molecule has 0 aromatic heterocycles. The maximum absolute atomic E-state index is 10.8. The summed E-state index contributed by atoms with van der Waals surface area (Å²) in [6.07, 6.45) is 2.07. The molecule has 0 aromatic carbocycles. The Balaban J connectivity index is 0.000000791. The van der Waals surface area contributed by atoms with E-state index in [-0.39, 0.29) is 17.6 Å². The van der Waals surface area contributed by atoms with E-state index in [0.29, 0.717) is 0 Å². The number of ether oxygens (including phenoxy) is 1. The Morgan fingerprint density at radius 2 is 2.14 bits per heavy atom. The van der Waals surface area contributed by atoms with Gasteiger partial charge in [-0.2, -0.15) is 0 Å². The zero-order valence-electron chi connectivity index (χ0n) is 9.59. The minimum atomic E-state index is -0.334. The minimum absolute atomic E-state index is 0.00509. The van der Waals surface area contributed by atoms with Crippen LogP contribution in [-0.4, -0.2) is 24.2 Å². The highest BCUT2D eigenvalue weighted by molar-refractivity contribution is 5.81. The summed E-state index contributed by atoms with van der Waals surface area (Å²) in [6.45, 7) is 12.3. The molecule has 1 fully saturated rings. The van der Waals surface area contributed by atoms with Gasteiger partial charge in [0.05, 0.1) is 0 Å². The zero-order valence-corrected chi connectivity index (χ0v) is 9.59. The first-order chi connectivity index (χ1) is 6.53. The van der Waals surface area contributed by atoms with E-state index < -0.39 is 0 Å². The van der Waals surface area contributed by atoms with Gasteiger partial charge in [-0.15, -0.1) is 0 Å². The van der Waals surface area contributed by atoms with Crippen LogP contribution in [0.2, 0.25) is 0 Å². The molecule has 0 spiro atoms. The van der Waals surface area contributed by atoms with E-state index in [1.54, 1.807) is 0 Å². The first-order valence-corrected chi connectivity index (χ1v) is 5.11. The molecule has 3 nitrogen and oxygen atoms in total. The fourth-order valence-corrected chi connectivity index (χ4v) is 1.40. The van der Waals surface area contributed by atoms with Crippen molar-refractivity contribution < 1.29 is 9.53 Å². The van der Waals surface area contributed by atoms with E-state index in [2.05, 4.69) is 25.7 Å². The Bertz CT molecular complexity index is 199. The number of nitrogens with one attached hydrogen (secondary N) is 1. The summed E-state index contributed by atoms with van der Waals surface area (Å²) in [4.78, 5) is 10.8. The fourth-order valence-electron chi connectivity index (χ4n) is 1.40. The van der Waals surface area contributed by atoms with Crippen molar-refractivity contribution in [1.82, 2.24) is 5.32 Å². The van der Waals surface area contributed by atoms with Crippen molar-refractivity contribution in [2.24, 2.45) is 0 Å². The van der Waals surface area contributed by atoms with Gasteiger partial charge in [-0.25, -0.2) is 4.79 Å². The lowest BCUT2D eigenvalue weighted by atomic mass is 10.0. The van der Waals surface area contributed by atoms with Crippen LogP contribution in [0.25, 0.3) is 0 Å². The van der Waals surface area contributed by atoms with Crippen molar-refractivity contribution in [1.29, 1.82) is 0 Å². The van der Waals surface area contributed by atoms with Crippen LogP contribution in [0.4, 0.5) is 0 Å². The van der Waals surface area contributed by atoms with E-state index in [1.165, 1.54) is 6.08 Å². The highest BCUT2D eigenvalue weighted by Gasteiger charge is 2.31. The van der Waals surface area contributed by atoms with Crippen molar-refractivity contribution in [3.63, 3.8) is 0 Å². The Morgan fingerprint density at radius 1 is 1.57 bits per heavy atom. The Labute approximate surface area is 86.5 Å². The van der Waals surface area contributed by atoms with E-state index >= 15 is 0 Å². The predicted molar refractivity (Wildman–Crippen MR) is 58.1 cm³/mol. The van der Waals surface area contributed by atoms with Gasteiger partial charge in [-0.3, -0.25) is 0 Å². The SMILES string of the molecule is C=CC(=O)OC1CNC(C)(C)C1.CC. The van der Waals surface area contributed by atoms with Crippen LogP contribution in [0.3, 0.4) is 0 Å². The average molecular weight is 199 g/mol. The number of carbonyl (C=O) groups is 1. The first-order valence-electron chi connectivity index (χ1n) is 5.11. The molecule has 1 heterocycles. The predicted octanol–water partition coefficient (Wildman–Crippen LogP) is 1.88. The summed E-state index contributed by atoms with van der Waals surface area (Å²) in [5, 5.41) is 3.26. The Kier molecular flexibility index (Phi) is 5.46. The molecule has 0 radical (unpaired) electrons. The number of esters is 1. The molecule has 0 aromatic rings. The molecule has 0 amide bonds. The summed E-state index contributed by atoms with van der Waals surface area (Å²) in [7, 11) is 0. The van der Waals surface area contributed by atoms with Crippen LogP contribution >= 0.6 is 0 Å². The van der Waals surface area contributed by atoms with Gasteiger partial charge in [-0.05, 0) is 13.8 Å². The van der Waals surface area contributed by atoms with Crippen LogP contribution in [0, 0.1) is 0 Å². The lowest BCUT2D eigenvalue weighted by Crippen LogP contribution is -2.31. The van der Waals surface area contributed by atoms with Crippen LogP contribution in [0.5, 0.6) is 0 Å². The highest BCUT2D eigenvalue weighted by Crippen LogP contribution is 2.20. The molecule has 0 aliphatic carbocycles. The molecule has 14 heavy (non-hydrogen) atoms. The van der Waals surface area contributed by atoms with Gasteiger partial charge < -0.3 is 10.1 Å². The smallest absolute Gasteiger partial charge is 0.330 e. The molecule has 1 unspecified atom stereocenters. The lowest BCUT2D eigenvalue weighted by Gasteiger charge is -2.16. The largest absolute Gasteiger partial charge is 0.458 e. The first kappa shape index (κ1) is 13.2. The molecule has 1 aliphatic heterocycles. The fraction of sp³-hybridized carbons (Fsp3) is 0.727. The number of hydrogen-bond donors (Lipinski definition) is 1. The van der Waals surface area contributed by atoms with Gasteiger partial charge in [0.1, 0.15) is 6.10 Å². The van der Waals surface area contributed by atoms with Gasteiger partial charge in [-0.1, -0.05) is 20.4 Å². The van der Waals surface area contributed by atoms with Crippen LogP contribution < -0.4 is 5.32 Å². The Hall–Kier alpha value is -0.830. The standard InChI is InChI=1S/C9H15NO2.C2H6/c1-4-8(11)12-7-5-9(2,3)10-6-7;1-2/h4,7,10H,1,5-6H2,2-3H3;1-2H3. The normalized spacial score (nSPS) is 23.3. The van der Waals surface area contributed by atoms with Crippen LogP contribution in [0.15, 0.2) is 12.7 Å². The summed E-state index contributed by atoms with van der Waals surface area (Å²) in [5.74, 6) is -0.334. The third kappa shape index (κ3) is 4.42. The van der Waals surface area contributed by atoms with Crippen LogP contribution in [0.1, 0.15) is 34.1 Å². The monoisotopic (exact) mass is 199 g/mol. The van der Waals surface area contributed by atoms with Crippen LogP contribution in [-0.2, 0) is 9.53 Å². The summed E-state index contributed by atoms with van der Waals surface area (Å²) in [6, 6.07) is 0. The molecule has 1 rings (SSSR count). The summed E-state index contributed by atoms with van der Waals surface area (Å²) < 4.78 is 5.08. The molecule has 1 N–H and O–H groups in total. The topological polar surface area (TPSA) is 38.3 Å². The third-order valence-electron chi connectivity index (χ3n) is 2.00. The Morgan fingerprint density at radius 3 is 2.50 bits per heavy atom. The van der Waals surface area contributed by atoms with Crippen molar-refractivity contribution in [3.8, 4) is 0 Å². The second-order valence-electron chi connectivity index (χ2n) is 3.73. The third-order valence-corrected chi connectivity index (χ3v) is 2.00. The number of hydrogen-bond acceptors (Lipinski definition) is 3. The molecular weight excluding hydrogens is 178 g/mol. The molecule has 82 valence electrons. The molecule has 0 bridgehead atoms. The number of rotatable bonds is 2. The molecular formula is C11H21NO2. The van der Waals surface area contributed by atoms with E-state index in [1.807, 2.05) is 13.8 Å². The van der Waals surface area contributed by atoms with Gasteiger partial charge in [0.2, 0.25) is 0 Å². The molecule has 1 atom stereocenters. The highest BCUT2D eigenvalue weighted by atomic mass is 16.5. The molecule has 3 heteroatoms. The minimum Gasteiger partial charge on any atom is -0.458 e. The molecule has 0 saturated carbocycles. The van der Waals surface area contributed by atoms with Gasteiger partial charge in [0, 0.05) is 24.6 Å². The van der Waals surface area contributed by atoms with Gasteiger partial charge >= 0.3 is 5.97 Å².